The number of pyridine rings is 1. The number of anilines is 1. The SMILES string of the molecule is COCCOCSc1nc2ccc(NC(=O)c3ccc(-n4cccn4)nc3)cc2s1. The normalized spacial score (nSPS) is 11.1. The van der Waals surface area contributed by atoms with Crippen molar-refractivity contribution in [2.75, 3.05) is 31.6 Å². The number of carbonyl (C=O) groups is 1. The van der Waals surface area contributed by atoms with Gasteiger partial charge in [0.25, 0.3) is 5.91 Å². The number of hydrogen-bond acceptors (Lipinski definition) is 8. The lowest BCUT2D eigenvalue weighted by Gasteiger charge is -2.06. The number of rotatable bonds is 9. The molecule has 1 aromatic carbocycles. The molecule has 0 bridgehead atoms. The largest absolute Gasteiger partial charge is 0.382 e. The second-order valence-electron chi connectivity index (χ2n) is 6.14. The molecule has 4 aromatic rings. The molecular formula is C20H19N5O3S2. The minimum atomic E-state index is -0.223. The first-order valence-corrected chi connectivity index (χ1v) is 10.9. The van der Waals surface area contributed by atoms with Gasteiger partial charge in [-0.2, -0.15) is 5.10 Å². The van der Waals surface area contributed by atoms with E-state index in [-0.39, 0.29) is 5.91 Å². The molecule has 0 aliphatic heterocycles. The van der Waals surface area contributed by atoms with Crippen molar-refractivity contribution in [3.8, 4) is 5.82 Å². The zero-order chi connectivity index (χ0) is 20.8. The van der Waals surface area contributed by atoms with Crippen molar-refractivity contribution in [3.05, 3.63) is 60.6 Å². The second-order valence-corrected chi connectivity index (χ2v) is 8.34. The highest BCUT2D eigenvalue weighted by Gasteiger charge is 2.10. The highest BCUT2D eigenvalue weighted by molar-refractivity contribution is 8.01. The number of aromatic nitrogens is 4. The van der Waals surface area contributed by atoms with Crippen LogP contribution in [0.4, 0.5) is 5.69 Å². The number of amides is 1. The van der Waals surface area contributed by atoms with Gasteiger partial charge >= 0.3 is 0 Å². The van der Waals surface area contributed by atoms with E-state index < -0.39 is 0 Å². The van der Waals surface area contributed by atoms with Crippen molar-refractivity contribution >= 4 is 44.9 Å². The van der Waals surface area contributed by atoms with Crippen molar-refractivity contribution in [1.82, 2.24) is 19.7 Å². The summed E-state index contributed by atoms with van der Waals surface area (Å²) in [6.45, 7) is 1.13. The van der Waals surface area contributed by atoms with Crippen molar-refractivity contribution in [2.45, 2.75) is 4.34 Å². The Balaban J connectivity index is 1.39. The van der Waals surface area contributed by atoms with Gasteiger partial charge in [0.15, 0.2) is 10.2 Å². The van der Waals surface area contributed by atoms with Crippen LogP contribution in [0.25, 0.3) is 16.0 Å². The van der Waals surface area contributed by atoms with Gasteiger partial charge in [-0.05, 0) is 36.4 Å². The first-order chi connectivity index (χ1) is 14.7. The first kappa shape index (κ1) is 20.5. The van der Waals surface area contributed by atoms with Gasteiger partial charge in [0.05, 0.1) is 34.9 Å². The predicted octanol–water partition coefficient (Wildman–Crippen LogP) is 3.84. The van der Waals surface area contributed by atoms with Gasteiger partial charge in [-0.15, -0.1) is 11.3 Å². The van der Waals surface area contributed by atoms with E-state index in [1.807, 2.05) is 24.3 Å². The standard InChI is InChI=1S/C20H19N5O3S2/c1-27-9-10-28-13-29-20-24-16-5-4-15(11-17(16)30-20)23-19(26)14-3-6-18(21-12-14)25-8-2-7-22-25/h2-8,11-12H,9-10,13H2,1H3,(H,23,26). The molecule has 0 aliphatic rings. The molecule has 0 radical (unpaired) electrons. The van der Waals surface area contributed by atoms with Gasteiger partial charge in [0, 0.05) is 31.4 Å². The van der Waals surface area contributed by atoms with E-state index in [0.717, 1.165) is 14.6 Å². The highest BCUT2D eigenvalue weighted by atomic mass is 32.2. The maximum Gasteiger partial charge on any atom is 0.257 e. The molecule has 0 spiro atoms. The number of nitrogens with zero attached hydrogens (tertiary/aromatic N) is 4. The lowest BCUT2D eigenvalue weighted by molar-refractivity contribution is 0.0953. The van der Waals surface area contributed by atoms with Crippen LogP contribution < -0.4 is 5.32 Å². The van der Waals surface area contributed by atoms with Gasteiger partial charge in [-0.1, -0.05) is 11.8 Å². The minimum absolute atomic E-state index is 0.223. The summed E-state index contributed by atoms with van der Waals surface area (Å²) in [5.74, 6) is 0.951. The third-order valence-corrected chi connectivity index (χ3v) is 6.11. The van der Waals surface area contributed by atoms with Crippen molar-refractivity contribution in [3.63, 3.8) is 0 Å². The number of fused-ring (bicyclic) bond motifs is 1. The molecule has 3 heterocycles. The molecule has 0 fully saturated rings. The van der Waals surface area contributed by atoms with Crippen molar-refractivity contribution in [1.29, 1.82) is 0 Å². The van der Waals surface area contributed by atoms with Crippen LogP contribution in [-0.4, -0.2) is 51.9 Å². The lowest BCUT2D eigenvalue weighted by Crippen LogP contribution is -2.12. The van der Waals surface area contributed by atoms with Gasteiger partial charge in [0.1, 0.15) is 0 Å². The number of hydrogen-bond donors (Lipinski definition) is 1. The van der Waals surface area contributed by atoms with Crippen LogP contribution in [-0.2, 0) is 9.47 Å². The molecule has 3 aromatic heterocycles. The number of nitrogens with one attached hydrogen (secondary N) is 1. The molecule has 4 rings (SSSR count). The van der Waals surface area contributed by atoms with Gasteiger partial charge < -0.3 is 14.8 Å². The number of methoxy groups -OCH3 is 1. The molecule has 0 saturated carbocycles. The van der Waals surface area contributed by atoms with E-state index in [2.05, 4.69) is 20.4 Å². The Bertz CT molecular complexity index is 1110. The van der Waals surface area contributed by atoms with E-state index in [1.54, 1.807) is 59.4 Å². The summed E-state index contributed by atoms with van der Waals surface area (Å²) < 4.78 is 14.0. The molecule has 30 heavy (non-hydrogen) atoms. The number of thiazole rings is 1. The van der Waals surface area contributed by atoms with E-state index in [1.165, 1.54) is 6.20 Å². The van der Waals surface area contributed by atoms with E-state index in [0.29, 0.717) is 36.2 Å². The Labute approximate surface area is 181 Å². The van der Waals surface area contributed by atoms with Gasteiger partial charge in [-0.25, -0.2) is 14.6 Å². The molecular weight excluding hydrogens is 422 g/mol. The molecule has 0 atom stereocenters. The lowest BCUT2D eigenvalue weighted by atomic mass is 10.2. The molecule has 1 N–H and O–H groups in total. The Kier molecular flexibility index (Phi) is 6.70. The fourth-order valence-corrected chi connectivity index (χ4v) is 4.45. The molecule has 0 saturated heterocycles. The summed E-state index contributed by atoms with van der Waals surface area (Å²) in [7, 11) is 1.65. The first-order valence-electron chi connectivity index (χ1n) is 9.10. The van der Waals surface area contributed by atoms with Crippen LogP contribution in [0.3, 0.4) is 0 Å². The third kappa shape index (κ3) is 5.03. The zero-order valence-corrected chi connectivity index (χ0v) is 17.8. The minimum Gasteiger partial charge on any atom is -0.382 e. The van der Waals surface area contributed by atoms with Crippen LogP contribution in [0.2, 0.25) is 0 Å². The molecule has 0 aliphatic carbocycles. The van der Waals surface area contributed by atoms with Crippen LogP contribution in [0.1, 0.15) is 10.4 Å². The quantitative estimate of drug-likeness (QED) is 0.240. The molecule has 1 amide bonds. The summed E-state index contributed by atoms with van der Waals surface area (Å²) in [4.78, 5) is 21.4. The second kappa shape index (κ2) is 9.81. The fourth-order valence-electron chi connectivity index (χ4n) is 2.60. The summed E-state index contributed by atoms with van der Waals surface area (Å²) in [6.07, 6.45) is 5.01. The highest BCUT2D eigenvalue weighted by Crippen LogP contribution is 2.31. The summed E-state index contributed by atoms with van der Waals surface area (Å²) >= 11 is 3.11. The van der Waals surface area contributed by atoms with Crippen molar-refractivity contribution in [2.24, 2.45) is 0 Å². The Morgan fingerprint density at radius 2 is 2.20 bits per heavy atom. The fraction of sp³-hybridized carbons (Fsp3) is 0.200. The molecule has 154 valence electrons. The van der Waals surface area contributed by atoms with Gasteiger partial charge in [-0.3, -0.25) is 4.79 Å². The van der Waals surface area contributed by atoms with Gasteiger partial charge in [0.2, 0.25) is 0 Å². The smallest absolute Gasteiger partial charge is 0.257 e. The van der Waals surface area contributed by atoms with E-state index in [9.17, 15) is 4.79 Å². The number of ether oxygens (including phenoxy) is 2. The predicted molar refractivity (Wildman–Crippen MR) is 117 cm³/mol. The van der Waals surface area contributed by atoms with Crippen LogP contribution in [0.5, 0.6) is 0 Å². The number of benzene rings is 1. The van der Waals surface area contributed by atoms with Crippen LogP contribution in [0.15, 0.2) is 59.3 Å². The topological polar surface area (TPSA) is 91.2 Å². The van der Waals surface area contributed by atoms with Crippen LogP contribution >= 0.6 is 23.1 Å². The van der Waals surface area contributed by atoms with E-state index >= 15 is 0 Å². The summed E-state index contributed by atoms with van der Waals surface area (Å²) in [5, 5.41) is 7.04. The number of thioether (sulfide) groups is 1. The maximum atomic E-state index is 12.6. The Hall–Kier alpha value is -2.79. The van der Waals surface area contributed by atoms with Crippen LogP contribution in [0, 0.1) is 0 Å². The maximum absolute atomic E-state index is 12.6. The average Bonchev–Trinajstić information content (AvgIpc) is 3.43. The zero-order valence-electron chi connectivity index (χ0n) is 16.1. The summed E-state index contributed by atoms with van der Waals surface area (Å²) in [5.41, 5.74) is 2.07. The number of carbonyl (C=O) groups excluding carboxylic acids is 1. The van der Waals surface area contributed by atoms with Crippen molar-refractivity contribution < 1.29 is 14.3 Å². The average molecular weight is 442 g/mol. The molecule has 8 nitrogen and oxygen atoms in total. The van der Waals surface area contributed by atoms with E-state index in [4.69, 9.17) is 9.47 Å². The Morgan fingerprint density at radius 1 is 1.27 bits per heavy atom. The molecule has 0 unspecified atom stereocenters. The third-order valence-electron chi connectivity index (χ3n) is 4.07. The summed E-state index contributed by atoms with van der Waals surface area (Å²) in [6, 6.07) is 11.0. The Morgan fingerprint density at radius 3 is 2.97 bits per heavy atom. The monoisotopic (exact) mass is 441 g/mol. The molecule has 10 heteroatoms.